The molecule has 3 rings (SSSR count). The molecule has 124 valence electrons. The van der Waals surface area contributed by atoms with Crippen LogP contribution in [0.5, 0.6) is 0 Å². The second-order valence-electron chi connectivity index (χ2n) is 6.16. The maximum absolute atomic E-state index is 12.6. The number of hydrogen-bond acceptors (Lipinski definition) is 4. The van der Waals surface area contributed by atoms with Gasteiger partial charge in [0.1, 0.15) is 0 Å². The quantitative estimate of drug-likeness (QED) is 0.877. The van der Waals surface area contributed by atoms with Gasteiger partial charge in [-0.3, -0.25) is 14.9 Å². The van der Waals surface area contributed by atoms with Gasteiger partial charge in [-0.1, -0.05) is 18.2 Å². The van der Waals surface area contributed by atoms with E-state index in [9.17, 15) is 9.59 Å². The van der Waals surface area contributed by atoms with Gasteiger partial charge in [0, 0.05) is 36.3 Å². The van der Waals surface area contributed by atoms with Crippen LogP contribution >= 0.6 is 11.8 Å². The van der Waals surface area contributed by atoms with Crippen LogP contribution in [0.25, 0.3) is 0 Å². The Balaban J connectivity index is 1.51. The minimum atomic E-state index is -0.0633. The van der Waals surface area contributed by atoms with Gasteiger partial charge in [0.15, 0.2) is 0 Å². The highest BCUT2D eigenvalue weighted by molar-refractivity contribution is 7.99. The second-order valence-corrected chi connectivity index (χ2v) is 7.19. The SMILES string of the molecule is Cc1ccccc1C(=O)N1CCC(NC(=O)C2CSCN2)CC1. The molecule has 2 amide bonds. The van der Waals surface area contributed by atoms with E-state index >= 15 is 0 Å². The van der Waals surface area contributed by atoms with Crippen LogP contribution in [0.15, 0.2) is 24.3 Å². The third-order valence-corrected chi connectivity index (χ3v) is 5.48. The highest BCUT2D eigenvalue weighted by atomic mass is 32.2. The Morgan fingerprint density at radius 2 is 2.00 bits per heavy atom. The molecular formula is C17H23N3O2S. The number of piperidine rings is 1. The summed E-state index contributed by atoms with van der Waals surface area (Å²) in [5.41, 5.74) is 1.79. The molecule has 0 saturated carbocycles. The highest BCUT2D eigenvalue weighted by Crippen LogP contribution is 2.17. The fraction of sp³-hybridized carbons (Fsp3) is 0.529. The van der Waals surface area contributed by atoms with Crippen LogP contribution in [-0.2, 0) is 4.79 Å². The smallest absolute Gasteiger partial charge is 0.254 e. The maximum Gasteiger partial charge on any atom is 0.254 e. The van der Waals surface area contributed by atoms with Crippen molar-refractivity contribution in [3.8, 4) is 0 Å². The van der Waals surface area contributed by atoms with E-state index in [1.807, 2.05) is 36.1 Å². The van der Waals surface area contributed by atoms with Crippen molar-refractivity contribution in [3.05, 3.63) is 35.4 Å². The molecule has 2 heterocycles. The Morgan fingerprint density at radius 1 is 1.26 bits per heavy atom. The molecule has 0 spiro atoms. The molecule has 2 fully saturated rings. The van der Waals surface area contributed by atoms with Crippen molar-refractivity contribution in [1.82, 2.24) is 15.5 Å². The van der Waals surface area contributed by atoms with Gasteiger partial charge in [-0.05, 0) is 31.4 Å². The molecule has 1 unspecified atom stereocenters. The first kappa shape index (κ1) is 16.3. The summed E-state index contributed by atoms with van der Waals surface area (Å²) in [5.74, 6) is 1.89. The summed E-state index contributed by atoms with van der Waals surface area (Å²) in [6, 6.07) is 7.81. The number of benzene rings is 1. The summed E-state index contributed by atoms with van der Waals surface area (Å²) in [6.45, 7) is 3.36. The van der Waals surface area contributed by atoms with Gasteiger partial charge in [0.2, 0.25) is 5.91 Å². The Kier molecular flexibility index (Phi) is 5.23. The summed E-state index contributed by atoms with van der Waals surface area (Å²) in [7, 11) is 0. The van der Waals surface area contributed by atoms with Gasteiger partial charge < -0.3 is 10.2 Å². The van der Waals surface area contributed by atoms with E-state index in [1.54, 1.807) is 11.8 Å². The van der Waals surface area contributed by atoms with Crippen molar-refractivity contribution in [3.63, 3.8) is 0 Å². The Hall–Kier alpha value is -1.53. The van der Waals surface area contributed by atoms with E-state index in [4.69, 9.17) is 0 Å². The molecule has 2 saturated heterocycles. The molecule has 1 atom stereocenters. The molecule has 2 aliphatic rings. The lowest BCUT2D eigenvalue weighted by atomic mass is 10.0. The third-order valence-electron chi connectivity index (χ3n) is 4.54. The van der Waals surface area contributed by atoms with Gasteiger partial charge in [-0.25, -0.2) is 0 Å². The fourth-order valence-corrected chi connectivity index (χ4v) is 4.02. The molecular weight excluding hydrogens is 310 g/mol. The number of aryl methyl sites for hydroxylation is 1. The second kappa shape index (κ2) is 7.36. The molecule has 0 aliphatic carbocycles. The molecule has 23 heavy (non-hydrogen) atoms. The Morgan fingerprint density at radius 3 is 2.65 bits per heavy atom. The minimum Gasteiger partial charge on any atom is -0.352 e. The van der Waals surface area contributed by atoms with E-state index in [0.29, 0.717) is 13.1 Å². The zero-order valence-electron chi connectivity index (χ0n) is 13.4. The first-order valence-electron chi connectivity index (χ1n) is 8.11. The minimum absolute atomic E-state index is 0.0633. The molecule has 0 radical (unpaired) electrons. The monoisotopic (exact) mass is 333 g/mol. The van der Waals surface area contributed by atoms with Gasteiger partial charge >= 0.3 is 0 Å². The maximum atomic E-state index is 12.6. The lowest BCUT2D eigenvalue weighted by Gasteiger charge is -2.33. The normalized spacial score (nSPS) is 22.1. The molecule has 1 aromatic rings. The van der Waals surface area contributed by atoms with Gasteiger partial charge in [0.25, 0.3) is 5.91 Å². The van der Waals surface area contributed by atoms with E-state index in [0.717, 1.165) is 35.6 Å². The van der Waals surface area contributed by atoms with Crippen LogP contribution < -0.4 is 10.6 Å². The molecule has 2 N–H and O–H groups in total. The first-order valence-corrected chi connectivity index (χ1v) is 9.27. The van der Waals surface area contributed by atoms with Crippen molar-refractivity contribution >= 4 is 23.6 Å². The predicted octanol–water partition coefficient (Wildman–Crippen LogP) is 1.38. The molecule has 2 aliphatic heterocycles. The molecule has 0 bridgehead atoms. The Bertz CT molecular complexity index is 579. The lowest BCUT2D eigenvalue weighted by Crippen LogP contribution is -2.51. The number of rotatable bonds is 3. The number of amides is 2. The molecule has 6 heteroatoms. The number of thioether (sulfide) groups is 1. The number of nitrogens with zero attached hydrogens (tertiary/aromatic N) is 1. The molecule has 1 aromatic carbocycles. The highest BCUT2D eigenvalue weighted by Gasteiger charge is 2.28. The van der Waals surface area contributed by atoms with Crippen molar-refractivity contribution in [2.24, 2.45) is 0 Å². The van der Waals surface area contributed by atoms with Crippen LogP contribution in [0.2, 0.25) is 0 Å². The van der Waals surface area contributed by atoms with Crippen LogP contribution in [0.4, 0.5) is 0 Å². The van der Waals surface area contributed by atoms with Crippen LogP contribution in [0.3, 0.4) is 0 Å². The average molecular weight is 333 g/mol. The number of likely N-dealkylation sites (tertiary alicyclic amines) is 1. The lowest BCUT2D eigenvalue weighted by molar-refractivity contribution is -0.123. The zero-order chi connectivity index (χ0) is 16.2. The van der Waals surface area contributed by atoms with E-state index in [1.165, 1.54) is 0 Å². The van der Waals surface area contributed by atoms with Gasteiger partial charge in [0.05, 0.1) is 6.04 Å². The van der Waals surface area contributed by atoms with Crippen molar-refractivity contribution < 1.29 is 9.59 Å². The predicted molar refractivity (Wildman–Crippen MR) is 92.5 cm³/mol. The van der Waals surface area contributed by atoms with Crippen molar-refractivity contribution in [1.29, 1.82) is 0 Å². The molecule has 5 nitrogen and oxygen atoms in total. The van der Waals surface area contributed by atoms with Gasteiger partial charge in [-0.2, -0.15) is 0 Å². The van der Waals surface area contributed by atoms with Gasteiger partial charge in [-0.15, -0.1) is 11.8 Å². The zero-order valence-corrected chi connectivity index (χ0v) is 14.2. The van der Waals surface area contributed by atoms with E-state index < -0.39 is 0 Å². The van der Waals surface area contributed by atoms with E-state index in [2.05, 4.69) is 10.6 Å². The number of hydrogen-bond donors (Lipinski definition) is 2. The van der Waals surface area contributed by atoms with Crippen molar-refractivity contribution in [2.45, 2.75) is 31.8 Å². The summed E-state index contributed by atoms with van der Waals surface area (Å²) >= 11 is 1.75. The van der Waals surface area contributed by atoms with Crippen LogP contribution in [-0.4, -0.2) is 53.5 Å². The number of carbonyl (C=O) groups excluding carboxylic acids is 2. The summed E-state index contributed by atoms with van der Waals surface area (Å²) in [4.78, 5) is 26.6. The van der Waals surface area contributed by atoms with Crippen LogP contribution in [0, 0.1) is 6.92 Å². The average Bonchev–Trinajstić information content (AvgIpc) is 3.10. The van der Waals surface area contributed by atoms with Crippen molar-refractivity contribution in [2.75, 3.05) is 24.7 Å². The third kappa shape index (κ3) is 3.87. The largest absolute Gasteiger partial charge is 0.352 e. The summed E-state index contributed by atoms with van der Waals surface area (Å²) in [6.07, 6.45) is 1.65. The van der Waals surface area contributed by atoms with Crippen LogP contribution in [0.1, 0.15) is 28.8 Å². The summed E-state index contributed by atoms with van der Waals surface area (Å²) < 4.78 is 0. The molecule has 0 aromatic heterocycles. The topological polar surface area (TPSA) is 61.4 Å². The summed E-state index contributed by atoms with van der Waals surface area (Å²) in [5, 5.41) is 6.31. The number of nitrogens with one attached hydrogen (secondary N) is 2. The first-order chi connectivity index (χ1) is 11.1. The van der Waals surface area contributed by atoms with E-state index in [-0.39, 0.29) is 23.9 Å². The fourth-order valence-electron chi connectivity index (χ4n) is 3.08. The number of carbonyl (C=O) groups is 2. The standard InChI is InChI=1S/C17H23N3O2S/c1-12-4-2-3-5-14(12)17(22)20-8-6-13(7-9-20)19-16(21)15-10-23-11-18-15/h2-5,13,15,18H,6-11H2,1H3,(H,19,21). The Labute approximate surface area is 141 Å².